The third-order valence-electron chi connectivity index (χ3n) is 3.01. The quantitative estimate of drug-likeness (QED) is 0.914. The van der Waals surface area contributed by atoms with Crippen molar-refractivity contribution in [3.8, 4) is 5.75 Å². The SMILES string of the molecule is COc1ccc(CN(C)c2ncc(N)cc2C)cc1. The van der Waals surface area contributed by atoms with Crippen molar-refractivity contribution in [3.63, 3.8) is 0 Å². The van der Waals surface area contributed by atoms with E-state index >= 15 is 0 Å². The van der Waals surface area contributed by atoms with Gasteiger partial charge in [0.05, 0.1) is 19.0 Å². The van der Waals surface area contributed by atoms with Gasteiger partial charge in [-0.1, -0.05) is 12.1 Å². The summed E-state index contributed by atoms with van der Waals surface area (Å²) in [5.74, 6) is 1.82. The summed E-state index contributed by atoms with van der Waals surface area (Å²) >= 11 is 0. The highest BCUT2D eigenvalue weighted by molar-refractivity contribution is 5.52. The molecule has 19 heavy (non-hydrogen) atoms. The molecule has 0 fully saturated rings. The van der Waals surface area contributed by atoms with E-state index in [2.05, 4.69) is 22.0 Å². The van der Waals surface area contributed by atoms with E-state index in [1.807, 2.05) is 32.2 Å². The average Bonchev–Trinajstić information content (AvgIpc) is 2.39. The van der Waals surface area contributed by atoms with E-state index < -0.39 is 0 Å². The molecule has 4 heteroatoms. The first-order chi connectivity index (χ1) is 9.10. The Morgan fingerprint density at radius 2 is 1.95 bits per heavy atom. The standard InChI is InChI=1S/C15H19N3O/c1-11-8-13(16)9-17-15(11)18(2)10-12-4-6-14(19-3)7-5-12/h4-9H,10,16H2,1-3H3. The van der Waals surface area contributed by atoms with Crippen LogP contribution < -0.4 is 15.4 Å². The van der Waals surface area contributed by atoms with E-state index in [1.54, 1.807) is 13.3 Å². The van der Waals surface area contributed by atoms with Gasteiger partial charge in [-0.25, -0.2) is 4.98 Å². The third-order valence-corrected chi connectivity index (χ3v) is 3.01. The number of methoxy groups -OCH3 is 1. The fraction of sp³-hybridized carbons (Fsp3) is 0.267. The second-order valence-electron chi connectivity index (χ2n) is 4.61. The number of rotatable bonds is 4. The fourth-order valence-electron chi connectivity index (χ4n) is 2.07. The van der Waals surface area contributed by atoms with Crippen LogP contribution in [0.15, 0.2) is 36.5 Å². The number of ether oxygens (including phenoxy) is 1. The van der Waals surface area contributed by atoms with Crippen molar-refractivity contribution in [3.05, 3.63) is 47.7 Å². The Balaban J connectivity index is 2.13. The smallest absolute Gasteiger partial charge is 0.131 e. The molecule has 0 aliphatic heterocycles. The second-order valence-corrected chi connectivity index (χ2v) is 4.61. The lowest BCUT2D eigenvalue weighted by Gasteiger charge is -2.20. The summed E-state index contributed by atoms with van der Waals surface area (Å²) in [6.07, 6.45) is 1.69. The van der Waals surface area contributed by atoms with Crippen LogP contribution in [0.1, 0.15) is 11.1 Å². The minimum absolute atomic E-state index is 0.694. The van der Waals surface area contributed by atoms with Gasteiger partial charge >= 0.3 is 0 Å². The molecule has 0 aliphatic carbocycles. The van der Waals surface area contributed by atoms with Gasteiger partial charge in [0.15, 0.2) is 0 Å². The highest BCUT2D eigenvalue weighted by Gasteiger charge is 2.07. The molecule has 1 aromatic heterocycles. The van der Waals surface area contributed by atoms with Gasteiger partial charge in [-0.05, 0) is 36.2 Å². The van der Waals surface area contributed by atoms with Crippen LogP contribution in [-0.4, -0.2) is 19.1 Å². The average molecular weight is 257 g/mol. The van der Waals surface area contributed by atoms with Gasteiger partial charge in [0.1, 0.15) is 11.6 Å². The summed E-state index contributed by atoms with van der Waals surface area (Å²) in [4.78, 5) is 6.49. The predicted molar refractivity (Wildman–Crippen MR) is 78.5 cm³/mol. The van der Waals surface area contributed by atoms with Crippen LogP contribution in [0.25, 0.3) is 0 Å². The monoisotopic (exact) mass is 257 g/mol. The fourth-order valence-corrected chi connectivity index (χ4v) is 2.07. The number of aromatic nitrogens is 1. The Labute approximate surface area is 113 Å². The molecule has 0 bridgehead atoms. The number of nitrogen functional groups attached to an aromatic ring is 1. The number of pyridine rings is 1. The topological polar surface area (TPSA) is 51.4 Å². The number of nitrogens with two attached hydrogens (primary N) is 1. The maximum atomic E-state index is 5.72. The minimum Gasteiger partial charge on any atom is -0.497 e. The molecule has 0 spiro atoms. The minimum atomic E-state index is 0.694. The van der Waals surface area contributed by atoms with Gasteiger partial charge in [-0.3, -0.25) is 0 Å². The summed E-state index contributed by atoms with van der Waals surface area (Å²) in [6.45, 7) is 2.81. The van der Waals surface area contributed by atoms with E-state index in [0.717, 1.165) is 23.7 Å². The van der Waals surface area contributed by atoms with E-state index in [1.165, 1.54) is 5.56 Å². The van der Waals surface area contributed by atoms with Crippen LogP contribution >= 0.6 is 0 Å². The van der Waals surface area contributed by atoms with Crippen LogP contribution in [0.5, 0.6) is 5.75 Å². The maximum absolute atomic E-state index is 5.72. The molecule has 2 N–H and O–H groups in total. The molecule has 4 nitrogen and oxygen atoms in total. The van der Waals surface area contributed by atoms with Crippen molar-refractivity contribution >= 4 is 11.5 Å². The Bertz CT molecular complexity index is 552. The summed E-state index contributed by atoms with van der Waals surface area (Å²) < 4.78 is 5.15. The van der Waals surface area contributed by atoms with Gasteiger partial charge in [-0.2, -0.15) is 0 Å². The van der Waals surface area contributed by atoms with Gasteiger partial charge in [0.2, 0.25) is 0 Å². The first-order valence-electron chi connectivity index (χ1n) is 6.16. The summed E-state index contributed by atoms with van der Waals surface area (Å²) in [7, 11) is 3.69. The van der Waals surface area contributed by atoms with Gasteiger partial charge < -0.3 is 15.4 Å². The van der Waals surface area contributed by atoms with Gasteiger partial charge in [-0.15, -0.1) is 0 Å². The van der Waals surface area contributed by atoms with E-state index in [9.17, 15) is 0 Å². The van der Waals surface area contributed by atoms with Crippen molar-refractivity contribution in [1.82, 2.24) is 4.98 Å². The highest BCUT2D eigenvalue weighted by atomic mass is 16.5. The zero-order valence-electron chi connectivity index (χ0n) is 11.6. The lowest BCUT2D eigenvalue weighted by atomic mass is 10.2. The molecule has 0 aliphatic rings. The Kier molecular flexibility index (Phi) is 3.90. The number of anilines is 2. The van der Waals surface area contributed by atoms with Crippen molar-refractivity contribution in [2.75, 3.05) is 24.8 Å². The van der Waals surface area contributed by atoms with Crippen LogP contribution in [0, 0.1) is 6.92 Å². The van der Waals surface area contributed by atoms with Crippen LogP contribution in [-0.2, 0) is 6.54 Å². The second kappa shape index (κ2) is 5.61. The molecule has 0 radical (unpaired) electrons. The Morgan fingerprint density at radius 1 is 1.26 bits per heavy atom. The normalized spacial score (nSPS) is 10.3. The van der Waals surface area contributed by atoms with Crippen molar-refractivity contribution in [2.45, 2.75) is 13.5 Å². The lowest BCUT2D eigenvalue weighted by molar-refractivity contribution is 0.414. The lowest BCUT2D eigenvalue weighted by Crippen LogP contribution is -2.18. The van der Waals surface area contributed by atoms with Crippen molar-refractivity contribution in [2.24, 2.45) is 0 Å². The van der Waals surface area contributed by atoms with Crippen molar-refractivity contribution in [1.29, 1.82) is 0 Å². The van der Waals surface area contributed by atoms with Crippen LogP contribution in [0.3, 0.4) is 0 Å². The molecule has 0 saturated carbocycles. The molecule has 0 atom stereocenters. The molecule has 1 heterocycles. The van der Waals surface area contributed by atoms with Crippen molar-refractivity contribution < 1.29 is 4.74 Å². The summed E-state index contributed by atoms with van der Waals surface area (Å²) in [6, 6.07) is 9.98. The number of benzene rings is 1. The van der Waals surface area contributed by atoms with Gasteiger partial charge in [0.25, 0.3) is 0 Å². The first-order valence-corrected chi connectivity index (χ1v) is 6.16. The molecule has 2 aromatic rings. The molecule has 0 amide bonds. The zero-order chi connectivity index (χ0) is 13.8. The molecule has 1 aromatic carbocycles. The number of hydrogen-bond donors (Lipinski definition) is 1. The number of hydrogen-bond acceptors (Lipinski definition) is 4. The first kappa shape index (κ1) is 13.2. The summed E-state index contributed by atoms with van der Waals surface area (Å²) in [5.41, 5.74) is 8.70. The molecular weight excluding hydrogens is 238 g/mol. The number of aryl methyl sites for hydroxylation is 1. The molecule has 0 unspecified atom stereocenters. The van der Waals surface area contributed by atoms with Crippen LogP contribution in [0.4, 0.5) is 11.5 Å². The molecule has 100 valence electrons. The zero-order valence-corrected chi connectivity index (χ0v) is 11.6. The summed E-state index contributed by atoms with van der Waals surface area (Å²) in [5, 5.41) is 0. The largest absolute Gasteiger partial charge is 0.497 e. The van der Waals surface area contributed by atoms with E-state index in [4.69, 9.17) is 10.5 Å². The van der Waals surface area contributed by atoms with Crippen LogP contribution in [0.2, 0.25) is 0 Å². The maximum Gasteiger partial charge on any atom is 0.131 e. The third kappa shape index (κ3) is 3.16. The Morgan fingerprint density at radius 3 is 2.53 bits per heavy atom. The van der Waals surface area contributed by atoms with E-state index in [-0.39, 0.29) is 0 Å². The Hall–Kier alpha value is -2.23. The van der Waals surface area contributed by atoms with E-state index in [0.29, 0.717) is 5.69 Å². The van der Waals surface area contributed by atoms with Gasteiger partial charge in [0, 0.05) is 13.6 Å². The highest BCUT2D eigenvalue weighted by Crippen LogP contribution is 2.20. The molecule has 0 saturated heterocycles. The predicted octanol–water partition coefficient (Wildman–Crippen LogP) is 2.62. The number of nitrogens with zero attached hydrogens (tertiary/aromatic N) is 2. The molecule has 2 rings (SSSR count). The molecular formula is C15H19N3O.